The van der Waals surface area contributed by atoms with Crippen LogP contribution in [-0.2, 0) is 0 Å². The molecule has 0 saturated carbocycles. The molecule has 0 radical (unpaired) electrons. The van der Waals surface area contributed by atoms with Gasteiger partial charge in [0.15, 0.2) is 0 Å². The van der Waals surface area contributed by atoms with E-state index in [4.69, 9.17) is 0 Å². The first-order valence-corrected chi connectivity index (χ1v) is 8.85. The monoisotopic (exact) mass is 358 g/mol. The Balaban J connectivity index is 1.85. The molecule has 0 N–H and O–H groups in total. The van der Waals surface area contributed by atoms with Crippen LogP contribution in [0.3, 0.4) is 0 Å². The van der Waals surface area contributed by atoms with Gasteiger partial charge in [0, 0.05) is 4.47 Å². The standard InChI is InChI=1S/C22H15Br/c23-15-10-8-14(9-11-15)16-12-13-21-18-5-2-1-4-17(18)20-7-3-6-19(16)22(20)21/h3-13H,1-2H2. The molecule has 2 aliphatic carbocycles. The highest BCUT2D eigenvalue weighted by molar-refractivity contribution is 9.10. The molecule has 23 heavy (non-hydrogen) atoms. The molecule has 2 aliphatic rings. The van der Waals surface area contributed by atoms with Crippen molar-refractivity contribution in [1.29, 1.82) is 0 Å². The van der Waals surface area contributed by atoms with Crippen molar-refractivity contribution >= 4 is 37.8 Å². The molecule has 0 spiro atoms. The van der Waals surface area contributed by atoms with E-state index < -0.39 is 0 Å². The average Bonchev–Trinajstić information content (AvgIpc) is 2.93. The Morgan fingerprint density at radius 3 is 2.04 bits per heavy atom. The fourth-order valence-electron chi connectivity index (χ4n) is 3.92. The minimum atomic E-state index is 1.12. The van der Waals surface area contributed by atoms with Gasteiger partial charge in [0.2, 0.25) is 0 Å². The van der Waals surface area contributed by atoms with Crippen LogP contribution in [0.25, 0.3) is 33.0 Å². The molecule has 0 nitrogen and oxygen atoms in total. The zero-order chi connectivity index (χ0) is 15.4. The van der Waals surface area contributed by atoms with Crippen LogP contribution in [0, 0.1) is 0 Å². The Bertz CT molecular complexity index is 978. The Morgan fingerprint density at radius 1 is 0.652 bits per heavy atom. The van der Waals surface area contributed by atoms with Gasteiger partial charge in [-0.25, -0.2) is 0 Å². The van der Waals surface area contributed by atoms with Gasteiger partial charge in [-0.15, -0.1) is 0 Å². The lowest BCUT2D eigenvalue weighted by atomic mass is 9.94. The maximum absolute atomic E-state index is 3.53. The second kappa shape index (κ2) is 4.94. The van der Waals surface area contributed by atoms with Crippen molar-refractivity contribution in [3.63, 3.8) is 0 Å². The molecule has 3 aromatic rings. The van der Waals surface area contributed by atoms with Crippen LogP contribution in [0.1, 0.15) is 24.0 Å². The van der Waals surface area contributed by atoms with E-state index >= 15 is 0 Å². The predicted octanol–water partition coefficient (Wildman–Crippen LogP) is 6.84. The maximum atomic E-state index is 3.53. The molecule has 0 amide bonds. The number of rotatable bonds is 1. The second-order valence-corrected chi connectivity index (χ2v) is 7.12. The highest BCUT2D eigenvalue weighted by Crippen LogP contribution is 2.49. The highest BCUT2D eigenvalue weighted by atomic mass is 79.9. The van der Waals surface area contributed by atoms with Crippen LogP contribution >= 0.6 is 15.9 Å². The van der Waals surface area contributed by atoms with E-state index in [0.717, 1.165) is 17.3 Å². The summed E-state index contributed by atoms with van der Waals surface area (Å²) in [6, 6.07) is 19.9. The van der Waals surface area contributed by atoms with Crippen LogP contribution in [0.2, 0.25) is 0 Å². The van der Waals surface area contributed by atoms with E-state index in [1.165, 1.54) is 44.2 Å². The summed E-state index contributed by atoms with van der Waals surface area (Å²) >= 11 is 3.53. The average molecular weight is 359 g/mol. The molecule has 0 aromatic heterocycles. The molecule has 0 bridgehead atoms. The number of benzene rings is 3. The second-order valence-electron chi connectivity index (χ2n) is 6.21. The van der Waals surface area contributed by atoms with Crippen LogP contribution in [0.15, 0.2) is 71.2 Å². The lowest BCUT2D eigenvalue weighted by molar-refractivity contribution is 1.05. The first-order chi connectivity index (χ1) is 11.3. The highest BCUT2D eigenvalue weighted by Gasteiger charge is 2.25. The van der Waals surface area contributed by atoms with Gasteiger partial charge < -0.3 is 0 Å². The first-order valence-electron chi connectivity index (χ1n) is 8.06. The minimum Gasteiger partial charge on any atom is -0.0757 e. The number of halogens is 1. The molecular weight excluding hydrogens is 344 g/mol. The molecule has 0 saturated heterocycles. The summed E-state index contributed by atoms with van der Waals surface area (Å²) in [4.78, 5) is 0. The quantitative estimate of drug-likeness (QED) is 0.446. The molecule has 5 rings (SSSR count). The minimum absolute atomic E-state index is 1.12. The molecule has 0 atom stereocenters. The van der Waals surface area contributed by atoms with Crippen molar-refractivity contribution in [3.8, 4) is 11.1 Å². The Morgan fingerprint density at radius 2 is 1.30 bits per heavy atom. The molecule has 110 valence electrons. The molecule has 0 heterocycles. The third-order valence-electron chi connectivity index (χ3n) is 4.93. The smallest absolute Gasteiger partial charge is 0.0175 e. The van der Waals surface area contributed by atoms with Gasteiger partial charge >= 0.3 is 0 Å². The van der Waals surface area contributed by atoms with E-state index in [-0.39, 0.29) is 0 Å². The summed E-state index contributed by atoms with van der Waals surface area (Å²) in [6.07, 6.45) is 7.12. The number of hydrogen-bond acceptors (Lipinski definition) is 0. The SMILES string of the molecule is Brc1ccc(-c2ccc3c4c(cccc24)C2=CCCC=C23)cc1. The van der Waals surface area contributed by atoms with Crippen LogP contribution in [-0.4, -0.2) is 0 Å². The molecule has 0 unspecified atom stereocenters. The largest absolute Gasteiger partial charge is 0.0757 e. The van der Waals surface area contributed by atoms with E-state index in [9.17, 15) is 0 Å². The van der Waals surface area contributed by atoms with Gasteiger partial charge in [-0.2, -0.15) is 0 Å². The summed E-state index contributed by atoms with van der Waals surface area (Å²) in [7, 11) is 0. The van der Waals surface area contributed by atoms with Gasteiger partial charge in [0.1, 0.15) is 0 Å². The maximum Gasteiger partial charge on any atom is 0.0175 e. The van der Waals surface area contributed by atoms with E-state index in [1.807, 2.05) is 0 Å². The third-order valence-corrected chi connectivity index (χ3v) is 5.46. The number of hydrogen-bond donors (Lipinski definition) is 0. The predicted molar refractivity (Wildman–Crippen MR) is 102 cm³/mol. The number of allylic oxidation sites excluding steroid dienone is 4. The lowest BCUT2D eigenvalue weighted by Gasteiger charge is -2.10. The summed E-state index contributed by atoms with van der Waals surface area (Å²) in [6.45, 7) is 0. The van der Waals surface area contributed by atoms with Crippen LogP contribution in [0.4, 0.5) is 0 Å². The van der Waals surface area contributed by atoms with Crippen molar-refractivity contribution in [1.82, 2.24) is 0 Å². The molecule has 0 aliphatic heterocycles. The van der Waals surface area contributed by atoms with E-state index in [1.54, 1.807) is 0 Å². The zero-order valence-electron chi connectivity index (χ0n) is 12.6. The van der Waals surface area contributed by atoms with Crippen molar-refractivity contribution in [3.05, 3.63) is 82.3 Å². The van der Waals surface area contributed by atoms with E-state index in [0.29, 0.717) is 0 Å². The molecular formula is C22H15Br. The summed E-state index contributed by atoms with van der Waals surface area (Å²) in [5.74, 6) is 0. The van der Waals surface area contributed by atoms with Gasteiger partial charge in [0.25, 0.3) is 0 Å². The summed E-state index contributed by atoms with van der Waals surface area (Å²) < 4.78 is 1.12. The van der Waals surface area contributed by atoms with Crippen LogP contribution in [0.5, 0.6) is 0 Å². The van der Waals surface area contributed by atoms with Crippen molar-refractivity contribution < 1.29 is 0 Å². The van der Waals surface area contributed by atoms with Crippen molar-refractivity contribution in [2.24, 2.45) is 0 Å². The van der Waals surface area contributed by atoms with Gasteiger partial charge in [-0.1, -0.05) is 70.5 Å². The van der Waals surface area contributed by atoms with Gasteiger partial charge in [0.05, 0.1) is 0 Å². The van der Waals surface area contributed by atoms with Crippen molar-refractivity contribution in [2.75, 3.05) is 0 Å². The summed E-state index contributed by atoms with van der Waals surface area (Å²) in [5.41, 5.74) is 8.27. The topological polar surface area (TPSA) is 0 Å². The third kappa shape index (κ3) is 1.90. The Labute approximate surface area is 144 Å². The zero-order valence-corrected chi connectivity index (χ0v) is 14.2. The normalized spacial score (nSPS) is 15.3. The van der Waals surface area contributed by atoms with Gasteiger partial charge in [-0.05, 0) is 69.1 Å². The van der Waals surface area contributed by atoms with Gasteiger partial charge in [-0.3, -0.25) is 0 Å². The molecule has 0 fully saturated rings. The van der Waals surface area contributed by atoms with Crippen LogP contribution < -0.4 is 0 Å². The Hall–Kier alpha value is -2.12. The van der Waals surface area contributed by atoms with E-state index in [2.05, 4.69) is 82.7 Å². The fourth-order valence-corrected chi connectivity index (χ4v) is 4.19. The summed E-state index contributed by atoms with van der Waals surface area (Å²) in [5, 5.41) is 2.78. The molecule has 1 heteroatoms. The lowest BCUT2D eigenvalue weighted by Crippen LogP contribution is -1.86. The Kier molecular flexibility index (Phi) is 2.86. The fraction of sp³-hybridized carbons (Fsp3) is 0.0909. The number of fused-ring (bicyclic) bond motifs is 3. The molecule has 3 aromatic carbocycles. The first kappa shape index (κ1) is 13.3. The van der Waals surface area contributed by atoms with Crippen molar-refractivity contribution in [2.45, 2.75) is 12.8 Å².